The molecule has 17 heavy (non-hydrogen) atoms. The second kappa shape index (κ2) is 4.43. The van der Waals surface area contributed by atoms with Crippen molar-refractivity contribution in [2.45, 2.75) is 24.9 Å². The largest absolute Gasteiger partial charge is 0.323 e. The average molecular weight is 227 g/mol. The molecule has 0 amide bonds. The van der Waals surface area contributed by atoms with E-state index in [0.717, 1.165) is 6.54 Å². The van der Waals surface area contributed by atoms with Gasteiger partial charge in [-0.25, -0.2) is 0 Å². The van der Waals surface area contributed by atoms with Crippen molar-refractivity contribution in [1.29, 1.82) is 0 Å². The van der Waals surface area contributed by atoms with E-state index in [-0.39, 0.29) is 6.04 Å². The first-order valence-electron chi connectivity index (χ1n) is 6.17. The van der Waals surface area contributed by atoms with Crippen LogP contribution in [-0.2, 0) is 0 Å². The number of aromatic nitrogens is 1. The van der Waals surface area contributed by atoms with E-state index >= 15 is 0 Å². The van der Waals surface area contributed by atoms with Gasteiger partial charge in [0.15, 0.2) is 0 Å². The predicted octanol–water partition coefficient (Wildman–Crippen LogP) is 1.99. The molecule has 2 aromatic rings. The third kappa shape index (κ3) is 2.04. The molecule has 1 fully saturated rings. The molecular formula is C14H17N3. The molecule has 0 saturated carbocycles. The second-order valence-electron chi connectivity index (χ2n) is 4.71. The van der Waals surface area contributed by atoms with Crippen molar-refractivity contribution >= 4 is 10.8 Å². The van der Waals surface area contributed by atoms with Crippen molar-refractivity contribution in [2.24, 2.45) is 5.73 Å². The Labute approximate surface area is 101 Å². The third-order valence-electron chi connectivity index (χ3n) is 3.58. The first-order chi connectivity index (χ1) is 8.34. The Hall–Kier alpha value is -1.45. The molecule has 1 saturated heterocycles. The molecule has 2 heterocycles. The summed E-state index contributed by atoms with van der Waals surface area (Å²) >= 11 is 0. The van der Waals surface area contributed by atoms with Crippen LogP contribution in [0.4, 0.5) is 0 Å². The monoisotopic (exact) mass is 227 g/mol. The van der Waals surface area contributed by atoms with E-state index in [2.05, 4.69) is 28.5 Å². The Morgan fingerprint density at radius 3 is 3.06 bits per heavy atom. The van der Waals surface area contributed by atoms with Gasteiger partial charge in [-0.2, -0.15) is 0 Å². The zero-order chi connectivity index (χ0) is 11.7. The molecule has 3 nitrogen and oxygen atoms in total. The van der Waals surface area contributed by atoms with Gasteiger partial charge in [0.25, 0.3) is 0 Å². The summed E-state index contributed by atoms with van der Waals surface area (Å²) in [6.45, 7) is 1.09. The number of nitrogens with two attached hydrogens (primary N) is 1. The molecule has 0 radical (unpaired) electrons. The molecule has 1 aromatic carbocycles. The molecule has 0 spiro atoms. The maximum atomic E-state index is 6.31. The van der Waals surface area contributed by atoms with Gasteiger partial charge < -0.3 is 11.1 Å². The highest BCUT2D eigenvalue weighted by atomic mass is 15.0. The number of benzene rings is 1. The maximum Gasteiger partial charge on any atom is 0.0451 e. The minimum atomic E-state index is 0.0927. The minimum Gasteiger partial charge on any atom is -0.323 e. The average Bonchev–Trinajstić information content (AvgIpc) is 2.91. The number of nitrogens with zero attached hydrogens (tertiary/aromatic N) is 1. The van der Waals surface area contributed by atoms with Gasteiger partial charge in [0.05, 0.1) is 0 Å². The van der Waals surface area contributed by atoms with Gasteiger partial charge in [-0.1, -0.05) is 12.1 Å². The molecule has 3 N–H and O–H groups in total. The molecule has 2 atom stereocenters. The van der Waals surface area contributed by atoms with Crippen LogP contribution in [-0.4, -0.2) is 17.6 Å². The summed E-state index contributed by atoms with van der Waals surface area (Å²) in [6, 6.07) is 8.96. The highest BCUT2D eigenvalue weighted by Crippen LogP contribution is 2.23. The third-order valence-corrected chi connectivity index (χ3v) is 3.58. The number of fused-ring (bicyclic) bond motifs is 1. The normalized spacial score (nSPS) is 21.8. The van der Waals surface area contributed by atoms with Crippen molar-refractivity contribution in [3.8, 4) is 0 Å². The van der Waals surface area contributed by atoms with Gasteiger partial charge in [0.1, 0.15) is 0 Å². The van der Waals surface area contributed by atoms with Gasteiger partial charge in [-0.05, 0) is 42.5 Å². The predicted molar refractivity (Wildman–Crippen MR) is 69.7 cm³/mol. The van der Waals surface area contributed by atoms with Gasteiger partial charge in [-0.15, -0.1) is 0 Å². The summed E-state index contributed by atoms with van der Waals surface area (Å²) in [5.74, 6) is 0. The van der Waals surface area contributed by atoms with Crippen molar-refractivity contribution < 1.29 is 0 Å². The first-order valence-corrected chi connectivity index (χ1v) is 6.17. The fraction of sp³-hybridized carbons (Fsp3) is 0.357. The van der Waals surface area contributed by atoms with Gasteiger partial charge >= 0.3 is 0 Å². The molecule has 1 aliphatic heterocycles. The van der Waals surface area contributed by atoms with Crippen LogP contribution in [0.15, 0.2) is 36.7 Å². The van der Waals surface area contributed by atoms with Gasteiger partial charge in [0, 0.05) is 29.9 Å². The van der Waals surface area contributed by atoms with Crippen molar-refractivity contribution in [2.75, 3.05) is 6.54 Å². The Bertz CT molecular complexity index is 518. The van der Waals surface area contributed by atoms with E-state index < -0.39 is 0 Å². The highest BCUT2D eigenvalue weighted by molar-refractivity contribution is 5.82. The smallest absolute Gasteiger partial charge is 0.0451 e. The van der Waals surface area contributed by atoms with E-state index in [1.165, 1.54) is 29.2 Å². The van der Waals surface area contributed by atoms with E-state index in [0.29, 0.717) is 6.04 Å². The Morgan fingerprint density at radius 2 is 2.24 bits per heavy atom. The van der Waals surface area contributed by atoms with E-state index in [9.17, 15) is 0 Å². The molecule has 0 aliphatic carbocycles. The van der Waals surface area contributed by atoms with Crippen molar-refractivity contribution in [1.82, 2.24) is 10.3 Å². The lowest BCUT2D eigenvalue weighted by Gasteiger charge is -2.20. The van der Waals surface area contributed by atoms with Crippen LogP contribution in [0.25, 0.3) is 10.8 Å². The van der Waals surface area contributed by atoms with Crippen LogP contribution in [0, 0.1) is 0 Å². The van der Waals surface area contributed by atoms with Crippen LogP contribution in [0.2, 0.25) is 0 Å². The van der Waals surface area contributed by atoms with Crippen LogP contribution >= 0.6 is 0 Å². The lowest BCUT2D eigenvalue weighted by Crippen LogP contribution is -2.34. The van der Waals surface area contributed by atoms with Gasteiger partial charge in [0.2, 0.25) is 0 Å². The molecule has 88 valence electrons. The van der Waals surface area contributed by atoms with E-state index in [1.807, 2.05) is 18.5 Å². The minimum absolute atomic E-state index is 0.0927. The number of rotatable bonds is 2. The first kappa shape index (κ1) is 10.7. The molecule has 1 aliphatic rings. The Kier molecular flexibility index (Phi) is 2.79. The summed E-state index contributed by atoms with van der Waals surface area (Å²) in [6.07, 6.45) is 6.12. The number of hydrogen-bond acceptors (Lipinski definition) is 3. The fourth-order valence-corrected chi connectivity index (χ4v) is 2.56. The van der Waals surface area contributed by atoms with E-state index in [1.54, 1.807) is 0 Å². The van der Waals surface area contributed by atoms with Crippen LogP contribution in [0.5, 0.6) is 0 Å². The highest BCUT2D eigenvalue weighted by Gasteiger charge is 2.22. The van der Waals surface area contributed by atoms with Crippen molar-refractivity contribution in [3.63, 3.8) is 0 Å². The lowest BCUT2D eigenvalue weighted by molar-refractivity contribution is 0.501. The Morgan fingerprint density at radius 1 is 1.29 bits per heavy atom. The van der Waals surface area contributed by atoms with E-state index in [4.69, 9.17) is 5.73 Å². The van der Waals surface area contributed by atoms with Crippen LogP contribution in [0.3, 0.4) is 0 Å². The number of nitrogens with one attached hydrogen (secondary N) is 1. The molecule has 3 rings (SSSR count). The standard InChI is InChI=1S/C14H17N3/c15-14(13-2-1-6-17-13)11-3-4-12-9-16-7-5-10(12)8-11/h3-5,7-9,13-14,17H,1-2,6,15H2. The summed E-state index contributed by atoms with van der Waals surface area (Å²) < 4.78 is 0. The molecule has 1 aromatic heterocycles. The summed E-state index contributed by atoms with van der Waals surface area (Å²) in [4.78, 5) is 4.12. The summed E-state index contributed by atoms with van der Waals surface area (Å²) in [5, 5.41) is 5.85. The zero-order valence-corrected chi connectivity index (χ0v) is 9.76. The lowest BCUT2D eigenvalue weighted by atomic mass is 9.97. The van der Waals surface area contributed by atoms with Crippen LogP contribution < -0.4 is 11.1 Å². The van der Waals surface area contributed by atoms with Gasteiger partial charge in [-0.3, -0.25) is 4.98 Å². The molecule has 0 bridgehead atoms. The molecule has 3 heteroatoms. The SMILES string of the molecule is NC(c1ccc2cnccc2c1)C1CCCN1. The Balaban J connectivity index is 1.94. The molecule has 2 unspecified atom stereocenters. The van der Waals surface area contributed by atoms with Crippen molar-refractivity contribution in [3.05, 3.63) is 42.2 Å². The summed E-state index contributed by atoms with van der Waals surface area (Å²) in [7, 11) is 0. The topological polar surface area (TPSA) is 50.9 Å². The van der Waals surface area contributed by atoms with Crippen LogP contribution in [0.1, 0.15) is 24.4 Å². The quantitative estimate of drug-likeness (QED) is 0.825. The number of hydrogen-bond donors (Lipinski definition) is 2. The summed E-state index contributed by atoms with van der Waals surface area (Å²) in [5.41, 5.74) is 7.52. The maximum absolute atomic E-state index is 6.31. The number of pyridine rings is 1. The zero-order valence-electron chi connectivity index (χ0n) is 9.76. The molecular weight excluding hydrogens is 210 g/mol. The fourth-order valence-electron chi connectivity index (χ4n) is 2.56. The second-order valence-corrected chi connectivity index (χ2v) is 4.71.